The molecule has 2 rings (SSSR count). The monoisotopic (exact) mass is 450 g/mol. The summed E-state index contributed by atoms with van der Waals surface area (Å²) >= 11 is 0. The zero-order valence-electron chi connectivity index (χ0n) is 19.7. The molecule has 33 heavy (non-hydrogen) atoms. The van der Waals surface area contributed by atoms with Crippen molar-refractivity contribution in [1.29, 1.82) is 0 Å². The zero-order chi connectivity index (χ0) is 23.7. The molecule has 0 saturated heterocycles. The molecule has 0 bridgehead atoms. The first-order valence-electron chi connectivity index (χ1n) is 12.1. The summed E-state index contributed by atoms with van der Waals surface area (Å²) in [6, 6.07) is 14.1. The Balaban J connectivity index is 1.92. The van der Waals surface area contributed by atoms with E-state index in [1.54, 1.807) is 6.08 Å². The molecule has 0 radical (unpaired) electrons. The quantitative estimate of drug-likeness (QED) is 0.142. The number of aromatic nitrogens is 1. The molecule has 1 heterocycles. The number of carboxylic acid groups (broad SMARTS) is 1. The van der Waals surface area contributed by atoms with Crippen molar-refractivity contribution in [2.45, 2.75) is 64.3 Å². The fraction of sp³-hybridized carbons (Fsp3) is 0.429. The normalized spacial score (nSPS) is 14.3. The second-order valence-corrected chi connectivity index (χ2v) is 8.74. The third kappa shape index (κ3) is 11.9. The van der Waals surface area contributed by atoms with Crippen LogP contribution in [0.3, 0.4) is 0 Å². The average Bonchev–Trinajstić information content (AvgIpc) is 3.34. The Kier molecular flexibility index (Phi) is 12.4. The lowest BCUT2D eigenvalue weighted by Crippen LogP contribution is -2.18. The highest BCUT2D eigenvalue weighted by atomic mass is 16.4. The molecule has 2 aromatic rings. The van der Waals surface area contributed by atoms with Crippen LogP contribution in [0.1, 0.15) is 63.9 Å². The lowest BCUT2D eigenvalue weighted by atomic mass is 9.92. The maximum Gasteiger partial charge on any atom is 0.328 e. The molecule has 0 saturated carbocycles. The van der Waals surface area contributed by atoms with Crippen LogP contribution >= 0.6 is 0 Å². The van der Waals surface area contributed by atoms with E-state index in [9.17, 15) is 9.59 Å². The number of aliphatic carboxylic acids is 1. The minimum Gasteiger partial charge on any atom is -0.478 e. The molecule has 0 aliphatic carbocycles. The van der Waals surface area contributed by atoms with Gasteiger partial charge in [-0.05, 0) is 49.3 Å². The van der Waals surface area contributed by atoms with Crippen LogP contribution in [0.4, 0.5) is 5.82 Å². The summed E-state index contributed by atoms with van der Waals surface area (Å²) in [5, 5.41) is 12.4. The number of nitrogens with one attached hydrogen (secondary N) is 2. The molecule has 3 atom stereocenters. The van der Waals surface area contributed by atoms with Gasteiger partial charge < -0.3 is 20.2 Å². The van der Waals surface area contributed by atoms with Gasteiger partial charge in [-0.2, -0.15) is 0 Å². The van der Waals surface area contributed by atoms with Crippen molar-refractivity contribution >= 4 is 24.1 Å². The number of carbonyl (C=O) groups excluding carboxylic acids is 1. The van der Waals surface area contributed by atoms with Gasteiger partial charge >= 0.3 is 5.97 Å². The highest BCUT2D eigenvalue weighted by Crippen LogP contribution is 2.22. The number of hydrogen-bond acceptors (Lipinski definition) is 3. The second kappa shape index (κ2) is 15.7. The van der Waals surface area contributed by atoms with Crippen LogP contribution in [0.15, 0.2) is 66.9 Å². The van der Waals surface area contributed by atoms with E-state index in [1.165, 1.54) is 18.1 Å². The summed E-state index contributed by atoms with van der Waals surface area (Å²) in [5.74, 6) is 0.536. The fourth-order valence-electron chi connectivity index (χ4n) is 3.87. The van der Waals surface area contributed by atoms with Crippen molar-refractivity contribution in [2.75, 3.05) is 5.32 Å². The van der Waals surface area contributed by atoms with Crippen LogP contribution in [0.25, 0.3) is 6.08 Å². The number of aldehydes is 1. The highest BCUT2D eigenvalue weighted by Gasteiger charge is 2.11. The van der Waals surface area contributed by atoms with Gasteiger partial charge in [0, 0.05) is 24.2 Å². The first kappa shape index (κ1) is 26.2. The second-order valence-electron chi connectivity index (χ2n) is 8.74. The number of carbonyl (C=O) groups is 2. The molecule has 5 heteroatoms. The number of carboxylic acids is 1. The average molecular weight is 451 g/mol. The van der Waals surface area contributed by atoms with Gasteiger partial charge in [-0.15, -0.1) is 0 Å². The summed E-state index contributed by atoms with van der Waals surface area (Å²) in [6.45, 7) is 1.98. The van der Waals surface area contributed by atoms with Crippen LogP contribution < -0.4 is 5.32 Å². The Morgan fingerprint density at radius 3 is 2.39 bits per heavy atom. The Bertz CT molecular complexity index is 843. The SMILES string of the molecule is C[C@H](C=O)CCCCCC[C@H](/C=C/c1ccccc1)CC[C@H](/C=C/C(=O)O)Nc1ccc[nH]1. The van der Waals surface area contributed by atoms with E-state index in [1.807, 2.05) is 43.5 Å². The van der Waals surface area contributed by atoms with Crippen LogP contribution in [0.2, 0.25) is 0 Å². The predicted molar refractivity (Wildman–Crippen MR) is 136 cm³/mol. The van der Waals surface area contributed by atoms with Crippen LogP contribution in [-0.2, 0) is 9.59 Å². The van der Waals surface area contributed by atoms with Gasteiger partial charge in [0.25, 0.3) is 0 Å². The molecular formula is C28H38N2O3. The molecule has 178 valence electrons. The summed E-state index contributed by atoms with van der Waals surface area (Å²) in [7, 11) is 0. The number of aromatic amines is 1. The molecule has 1 aromatic heterocycles. The summed E-state index contributed by atoms with van der Waals surface area (Å²) in [6.07, 6.45) is 18.8. The smallest absolute Gasteiger partial charge is 0.328 e. The van der Waals surface area contributed by atoms with E-state index in [4.69, 9.17) is 5.11 Å². The molecule has 0 spiro atoms. The molecule has 0 aliphatic rings. The summed E-state index contributed by atoms with van der Waals surface area (Å²) in [5.41, 5.74) is 1.19. The lowest BCUT2D eigenvalue weighted by molar-refractivity contribution is -0.131. The van der Waals surface area contributed by atoms with Crippen molar-refractivity contribution in [2.24, 2.45) is 11.8 Å². The topological polar surface area (TPSA) is 82.2 Å². The molecule has 0 fully saturated rings. The minimum atomic E-state index is -0.933. The molecule has 0 amide bonds. The van der Waals surface area contributed by atoms with E-state index >= 15 is 0 Å². The Labute approximate surface area is 198 Å². The van der Waals surface area contributed by atoms with Gasteiger partial charge in [-0.25, -0.2) is 4.79 Å². The number of benzene rings is 1. The molecule has 3 N–H and O–H groups in total. The summed E-state index contributed by atoms with van der Waals surface area (Å²) in [4.78, 5) is 24.9. The predicted octanol–water partition coefficient (Wildman–Crippen LogP) is 6.72. The van der Waals surface area contributed by atoms with Gasteiger partial charge in [-0.3, -0.25) is 0 Å². The van der Waals surface area contributed by atoms with Gasteiger partial charge in [0.2, 0.25) is 0 Å². The van der Waals surface area contributed by atoms with Crippen LogP contribution in [0, 0.1) is 11.8 Å². The minimum absolute atomic E-state index is 0.0581. The largest absolute Gasteiger partial charge is 0.478 e. The molecule has 0 aliphatic heterocycles. The Morgan fingerprint density at radius 2 is 1.73 bits per heavy atom. The van der Waals surface area contributed by atoms with Gasteiger partial charge in [0.05, 0.1) is 0 Å². The number of rotatable bonds is 17. The Morgan fingerprint density at radius 1 is 0.970 bits per heavy atom. The third-order valence-electron chi connectivity index (χ3n) is 5.84. The lowest BCUT2D eigenvalue weighted by Gasteiger charge is -2.19. The van der Waals surface area contributed by atoms with Gasteiger partial charge in [-0.1, -0.05) is 81.2 Å². The third-order valence-corrected chi connectivity index (χ3v) is 5.84. The van der Waals surface area contributed by atoms with Crippen molar-refractivity contribution < 1.29 is 14.7 Å². The number of unbranched alkanes of at least 4 members (excludes halogenated alkanes) is 3. The number of anilines is 1. The van der Waals surface area contributed by atoms with Gasteiger partial charge in [0.15, 0.2) is 0 Å². The van der Waals surface area contributed by atoms with E-state index in [0.717, 1.165) is 57.0 Å². The van der Waals surface area contributed by atoms with E-state index in [-0.39, 0.29) is 12.0 Å². The molecular weight excluding hydrogens is 412 g/mol. The number of hydrogen-bond donors (Lipinski definition) is 3. The van der Waals surface area contributed by atoms with E-state index in [2.05, 4.69) is 34.6 Å². The number of H-pyrrole nitrogens is 1. The molecule has 1 aromatic carbocycles. The maximum atomic E-state index is 11.0. The highest BCUT2D eigenvalue weighted by molar-refractivity contribution is 5.79. The van der Waals surface area contributed by atoms with Crippen molar-refractivity contribution in [3.63, 3.8) is 0 Å². The zero-order valence-corrected chi connectivity index (χ0v) is 19.7. The van der Waals surface area contributed by atoms with E-state index in [0.29, 0.717) is 5.92 Å². The molecule has 0 unspecified atom stereocenters. The van der Waals surface area contributed by atoms with Crippen molar-refractivity contribution in [1.82, 2.24) is 4.98 Å². The summed E-state index contributed by atoms with van der Waals surface area (Å²) < 4.78 is 0. The number of allylic oxidation sites excluding steroid dienone is 1. The molecule has 5 nitrogen and oxygen atoms in total. The van der Waals surface area contributed by atoms with Crippen molar-refractivity contribution in [3.8, 4) is 0 Å². The van der Waals surface area contributed by atoms with Gasteiger partial charge in [0.1, 0.15) is 12.1 Å². The first-order chi connectivity index (χ1) is 16.1. The Hall–Kier alpha value is -3.08. The van der Waals surface area contributed by atoms with Crippen LogP contribution in [0.5, 0.6) is 0 Å². The maximum absolute atomic E-state index is 11.0. The van der Waals surface area contributed by atoms with Crippen LogP contribution in [-0.4, -0.2) is 28.4 Å². The standard InChI is InChI=1S/C28H38N2O3/c1-23(22-31)10-5-2-3-6-13-25(16-15-24-11-7-4-8-12-24)17-18-26(19-20-28(32)33)30-27-14-9-21-29-27/h4,7-9,11-12,14-16,19-23,25-26,29-30H,2-3,5-6,10,13,17-18H2,1H3,(H,32,33)/b16-15+,20-19+/t23-,25+,26+/m0/s1. The van der Waals surface area contributed by atoms with Crippen molar-refractivity contribution in [3.05, 3.63) is 72.5 Å². The first-order valence-corrected chi connectivity index (χ1v) is 12.1. The van der Waals surface area contributed by atoms with E-state index < -0.39 is 5.97 Å². The fourth-order valence-corrected chi connectivity index (χ4v) is 3.87.